The van der Waals surface area contributed by atoms with Crippen LogP contribution in [0, 0.1) is 23.0 Å². The fourth-order valence-electron chi connectivity index (χ4n) is 3.06. The Hall–Kier alpha value is -3.19. The number of hydrogen-bond acceptors (Lipinski definition) is 7. The Morgan fingerprint density at radius 1 is 1.30 bits per heavy atom. The number of carbonyl (C=O) groups is 1. The Labute approximate surface area is 173 Å². The molecule has 0 spiro atoms. The molecule has 0 radical (unpaired) electrons. The standard InChI is InChI=1S/C20H23F2N5O3/c1-13(2)29-20(28)26-7-4-15(5-8-26)30-27-12-24-6-3-19(27)25-18-10-16(21)14(11-23)9-17(18)22/h3,6,9-10,13,15,25H,4-5,7-8,12H2,1-2H3. The topological polar surface area (TPSA) is 90.2 Å². The van der Waals surface area contributed by atoms with Gasteiger partial charge in [-0.3, -0.25) is 9.83 Å². The molecule has 2 heterocycles. The molecule has 2 aliphatic heterocycles. The van der Waals surface area contributed by atoms with Crippen LogP contribution >= 0.6 is 0 Å². The molecule has 160 valence electrons. The first kappa shape index (κ1) is 21.5. The lowest BCUT2D eigenvalue weighted by Crippen LogP contribution is -2.44. The number of anilines is 1. The summed E-state index contributed by atoms with van der Waals surface area (Å²) in [6, 6.07) is 3.37. The number of carbonyl (C=O) groups excluding carboxylic acids is 1. The van der Waals surface area contributed by atoms with Crippen LogP contribution < -0.4 is 5.32 Å². The molecule has 0 aromatic heterocycles. The van der Waals surface area contributed by atoms with Crippen molar-refractivity contribution >= 4 is 18.0 Å². The second kappa shape index (κ2) is 9.54. The highest BCUT2D eigenvalue weighted by Crippen LogP contribution is 2.24. The summed E-state index contributed by atoms with van der Waals surface area (Å²) >= 11 is 0. The Balaban J connectivity index is 1.60. The van der Waals surface area contributed by atoms with Gasteiger partial charge in [-0.1, -0.05) is 0 Å². The minimum Gasteiger partial charge on any atom is -0.447 e. The van der Waals surface area contributed by atoms with E-state index in [2.05, 4.69) is 10.3 Å². The van der Waals surface area contributed by atoms with Gasteiger partial charge in [0.1, 0.15) is 30.2 Å². The summed E-state index contributed by atoms with van der Waals surface area (Å²) < 4.78 is 33.3. The van der Waals surface area contributed by atoms with Crippen molar-refractivity contribution in [1.82, 2.24) is 9.96 Å². The van der Waals surface area contributed by atoms with E-state index < -0.39 is 11.6 Å². The van der Waals surface area contributed by atoms with Gasteiger partial charge in [-0.05, 0) is 38.8 Å². The highest BCUT2D eigenvalue weighted by Gasteiger charge is 2.27. The Bertz CT molecular complexity index is 889. The van der Waals surface area contributed by atoms with E-state index in [0.29, 0.717) is 31.8 Å². The van der Waals surface area contributed by atoms with Gasteiger partial charge in [-0.25, -0.2) is 18.6 Å². The number of rotatable bonds is 5. The number of allylic oxidation sites excluding steroid dienone is 1. The van der Waals surface area contributed by atoms with Gasteiger partial charge in [0.25, 0.3) is 0 Å². The van der Waals surface area contributed by atoms with E-state index in [-0.39, 0.29) is 36.2 Å². The number of hydroxylamine groups is 2. The number of benzene rings is 1. The maximum absolute atomic E-state index is 14.2. The molecule has 0 unspecified atom stereocenters. The van der Waals surface area contributed by atoms with E-state index in [1.54, 1.807) is 30.9 Å². The maximum Gasteiger partial charge on any atom is 0.410 e. The van der Waals surface area contributed by atoms with Crippen molar-refractivity contribution in [2.75, 3.05) is 25.1 Å². The third-order valence-corrected chi connectivity index (χ3v) is 4.57. The molecule has 30 heavy (non-hydrogen) atoms. The van der Waals surface area contributed by atoms with Gasteiger partial charge in [0, 0.05) is 25.4 Å². The van der Waals surface area contributed by atoms with Crippen molar-refractivity contribution in [2.24, 2.45) is 4.99 Å². The van der Waals surface area contributed by atoms with Crippen LogP contribution in [0.2, 0.25) is 0 Å². The number of hydrogen-bond donors (Lipinski definition) is 1. The Morgan fingerprint density at radius 3 is 2.70 bits per heavy atom. The summed E-state index contributed by atoms with van der Waals surface area (Å²) in [4.78, 5) is 23.7. The Morgan fingerprint density at radius 2 is 2.03 bits per heavy atom. The summed E-state index contributed by atoms with van der Waals surface area (Å²) in [5, 5.41) is 13.1. The molecule has 0 aliphatic carbocycles. The first-order valence-electron chi connectivity index (χ1n) is 9.63. The average molecular weight is 419 g/mol. The van der Waals surface area contributed by atoms with Crippen molar-refractivity contribution < 1.29 is 23.1 Å². The highest BCUT2D eigenvalue weighted by molar-refractivity contribution is 5.74. The number of likely N-dealkylation sites (tertiary alicyclic amines) is 1. The van der Waals surface area contributed by atoms with Crippen LogP contribution in [-0.2, 0) is 9.57 Å². The van der Waals surface area contributed by atoms with Gasteiger partial charge in [0.15, 0.2) is 0 Å². The van der Waals surface area contributed by atoms with Crippen LogP contribution in [0.5, 0.6) is 0 Å². The number of nitriles is 1. The van der Waals surface area contributed by atoms with Crippen molar-refractivity contribution in [2.45, 2.75) is 38.9 Å². The second-order valence-corrected chi connectivity index (χ2v) is 7.18. The third kappa shape index (κ3) is 5.24. The van der Waals surface area contributed by atoms with Gasteiger partial charge in [0.05, 0.1) is 23.5 Å². The predicted molar refractivity (Wildman–Crippen MR) is 105 cm³/mol. The van der Waals surface area contributed by atoms with Crippen LogP contribution in [0.1, 0.15) is 32.3 Å². The first-order chi connectivity index (χ1) is 14.4. The molecule has 8 nitrogen and oxygen atoms in total. The molecule has 1 saturated heterocycles. The molecule has 1 amide bonds. The molecule has 1 aromatic carbocycles. The molecule has 0 atom stereocenters. The number of nitrogens with zero attached hydrogens (tertiary/aromatic N) is 4. The number of aliphatic imine (C=N–C) groups is 1. The lowest BCUT2D eigenvalue weighted by Gasteiger charge is -2.35. The summed E-state index contributed by atoms with van der Waals surface area (Å²) in [7, 11) is 0. The molecule has 2 aliphatic rings. The molecule has 1 N–H and O–H groups in total. The van der Waals surface area contributed by atoms with E-state index in [1.807, 2.05) is 0 Å². The smallest absolute Gasteiger partial charge is 0.410 e. The lowest BCUT2D eigenvalue weighted by molar-refractivity contribution is -0.182. The van der Waals surface area contributed by atoms with Gasteiger partial charge < -0.3 is 15.0 Å². The lowest BCUT2D eigenvalue weighted by atomic mass is 10.1. The number of ether oxygens (including phenoxy) is 1. The van der Waals surface area contributed by atoms with E-state index in [4.69, 9.17) is 14.8 Å². The van der Waals surface area contributed by atoms with Crippen molar-refractivity contribution in [3.05, 3.63) is 41.2 Å². The second-order valence-electron chi connectivity index (χ2n) is 7.18. The van der Waals surface area contributed by atoms with E-state index in [9.17, 15) is 13.6 Å². The van der Waals surface area contributed by atoms with Crippen molar-refractivity contribution in [3.63, 3.8) is 0 Å². The number of halogens is 2. The summed E-state index contributed by atoms with van der Waals surface area (Å²) in [6.45, 7) is 4.77. The van der Waals surface area contributed by atoms with Crippen LogP contribution in [0.25, 0.3) is 0 Å². The largest absolute Gasteiger partial charge is 0.447 e. The zero-order valence-electron chi connectivity index (χ0n) is 16.8. The number of amides is 1. The molecule has 1 aromatic rings. The van der Waals surface area contributed by atoms with Crippen LogP contribution in [0.3, 0.4) is 0 Å². The van der Waals surface area contributed by atoms with Crippen LogP contribution in [0.4, 0.5) is 19.3 Å². The summed E-state index contributed by atoms with van der Waals surface area (Å²) in [5.74, 6) is -1.19. The molecule has 1 fully saturated rings. The molecule has 0 bridgehead atoms. The number of nitrogens with one attached hydrogen (secondary N) is 1. The SMILES string of the molecule is CC(C)OC(=O)N1CCC(ON2CN=CC=C2Nc2cc(F)c(C#N)cc2F)CC1. The van der Waals surface area contributed by atoms with E-state index >= 15 is 0 Å². The first-order valence-corrected chi connectivity index (χ1v) is 9.63. The van der Waals surface area contributed by atoms with Gasteiger partial charge in [-0.15, -0.1) is 0 Å². The highest BCUT2D eigenvalue weighted by atomic mass is 19.1. The van der Waals surface area contributed by atoms with Crippen molar-refractivity contribution in [3.8, 4) is 6.07 Å². The molecule has 10 heteroatoms. The summed E-state index contributed by atoms with van der Waals surface area (Å²) in [5.41, 5.74) is -0.485. The van der Waals surface area contributed by atoms with Crippen LogP contribution in [-0.4, -0.2) is 54.2 Å². The van der Waals surface area contributed by atoms with Gasteiger partial charge in [0.2, 0.25) is 0 Å². The average Bonchev–Trinajstić information content (AvgIpc) is 2.72. The van der Waals surface area contributed by atoms with E-state index in [0.717, 1.165) is 12.1 Å². The molecular weight excluding hydrogens is 396 g/mol. The normalized spacial score (nSPS) is 17.0. The predicted octanol–water partition coefficient (Wildman–Crippen LogP) is 3.37. The van der Waals surface area contributed by atoms with Crippen molar-refractivity contribution in [1.29, 1.82) is 5.26 Å². The quantitative estimate of drug-likeness (QED) is 0.787. The summed E-state index contributed by atoms with van der Waals surface area (Å²) in [6.07, 6.45) is 3.62. The number of piperidine rings is 1. The zero-order chi connectivity index (χ0) is 21.7. The van der Waals surface area contributed by atoms with E-state index in [1.165, 1.54) is 11.3 Å². The fourth-order valence-corrected chi connectivity index (χ4v) is 3.06. The van der Waals surface area contributed by atoms with Crippen LogP contribution in [0.15, 0.2) is 29.0 Å². The minimum absolute atomic E-state index is 0.118. The third-order valence-electron chi connectivity index (χ3n) is 4.57. The van der Waals surface area contributed by atoms with Gasteiger partial charge in [-0.2, -0.15) is 5.26 Å². The maximum atomic E-state index is 14.2. The zero-order valence-corrected chi connectivity index (χ0v) is 16.8. The molecule has 0 saturated carbocycles. The monoisotopic (exact) mass is 419 g/mol. The molecular formula is C20H23F2N5O3. The fraction of sp³-hybridized carbons (Fsp3) is 0.450. The Kier molecular flexibility index (Phi) is 6.84. The molecule has 3 rings (SSSR count). The van der Waals surface area contributed by atoms with Gasteiger partial charge >= 0.3 is 6.09 Å². The minimum atomic E-state index is -0.820.